The molecule has 0 bridgehead atoms. The lowest BCUT2D eigenvalue weighted by atomic mass is 9.75. The summed E-state index contributed by atoms with van der Waals surface area (Å²) in [5, 5.41) is 0. The van der Waals surface area contributed by atoms with E-state index in [9.17, 15) is 14.4 Å². The van der Waals surface area contributed by atoms with Crippen molar-refractivity contribution in [2.75, 3.05) is 33.1 Å². The molecule has 0 aliphatic carbocycles. The molecule has 1 aromatic carbocycles. The number of carbonyl (C=O) groups is 3. The molecule has 0 spiro atoms. The summed E-state index contributed by atoms with van der Waals surface area (Å²) in [5.41, 5.74) is -0.192. The van der Waals surface area contributed by atoms with Crippen LogP contribution < -0.4 is 4.74 Å². The Labute approximate surface area is 187 Å². The first-order chi connectivity index (χ1) is 15.0. The van der Waals surface area contributed by atoms with Crippen molar-refractivity contribution < 1.29 is 23.9 Å². The van der Waals surface area contributed by atoms with E-state index >= 15 is 0 Å². The van der Waals surface area contributed by atoms with Gasteiger partial charge in [0.2, 0.25) is 11.8 Å². The average Bonchev–Trinajstić information content (AvgIpc) is 3.24. The fourth-order valence-corrected chi connectivity index (χ4v) is 6.63. The van der Waals surface area contributed by atoms with Crippen LogP contribution in [0.2, 0.25) is 0 Å². The van der Waals surface area contributed by atoms with Crippen LogP contribution in [0.5, 0.6) is 5.75 Å². The van der Waals surface area contributed by atoms with E-state index < -0.39 is 23.3 Å². The Morgan fingerprint density at radius 2 is 1.97 bits per heavy atom. The fraction of sp³-hybridized carbons (Fsp3) is 0.609. The van der Waals surface area contributed by atoms with Crippen LogP contribution >= 0.6 is 11.8 Å². The largest absolute Gasteiger partial charge is 0.496 e. The van der Waals surface area contributed by atoms with E-state index in [1.807, 2.05) is 18.2 Å². The third-order valence-electron chi connectivity index (χ3n) is 7.04. The summed E-state index contributed by atoms with van der Waals surface area (Å²) in [4.78, 5) is 44.5. The first-order valence-electron chi connectivity index (χ1n) is 11.0. The van der Waals surface area contributed by atoms with Gasteiger partial charge < -0.3 is 9.47 Å². The summed E-state index contributed by atoms with van der Waals surface area (Å²) in [5.74, 6) is -0.493. The normalized spacial score (nSPS) is 30.3. The van der Waals surface area contributed by atoms with E-state index in [1.165, 1.54) is 12.0 Å². The molecule has 0 N–H and O–H groups in total. The minimum Gasteiger partial charge on any atom is -0.496 e. The maximum absolute atomic E-state index is 13.4. The number of thioether (sulfide) groups is 1. The lowest BCUT2D eigenvalue weighted by molar-refractivity contribution is -0.164. The van der Waals surface area contributed by atoms with Gasteiger partial charge in [-0.1, -0.05) is 13.0 Å². The van der Waals surface area contributed by atoms with Gasteiger partial charge in [0.15, 0.2) is 0 Å². The Morgan fingerprint density at radius 3 is 2.61 bits per heavy atom. The number of hydrogen-bond donors (Lipinski definition) is 0. The van der Waals surface area contributed by atoms with Gasteiger partial charge in [-0.15, -0.1) is 11.8 Å². The zero-order chi connectivity index (χ0) is 22.3. The van der Waals surface area contributed by atoms with Crippen molar-refractivity contribution >= 4 is 29.5 Å². The van der Waals surface area contributed by atoms with Crippen molar-refractivity contribution in [1.82, 2.24) is 9.80 Å². The summed E-state index contributed by atoms with van der Waals surface area (Å²) in [6.45, 7) is 4.84. The van der Waals surface area contributed by atoms with Gasteiger partial charge >= 0.3 is 5.97 Å². The Balaban J connectivity index is 1.89. The third-order valence-corrected chi connectivity index (χ3v) is 7.97. The van der Waals surface area contributed by atoms with Crippen LogP contribution in [0.4, 0.5) is 0 Å². The number of amides is 2. The molecule has 4 rings (SSSR count). The van der Waals surface area contributed by atoms with Gasteiger partial charge in [0.05, 0.1) is 26.1 Å². The van der Waals surface area contributed by atoms with Crippen LogP contribution in [0.25, 0.3) is 0 Å². The number of rotatable bonds is 6. The highest BCUT2D eigenvalue weighted by molar-refractivity contribution is 7.99. The maximum atomic E-state index is 13.4. The standard InChI is InChI=1S/C23H30N2O5S/c1-5-24-20(26)17-18(21(24)27)23(22(28)30-4)11-7-8-12-25(23)19(17)14-9-10-16(31-6-2)15(13-14)29-3/h9-10,13,17-19H,5-8,11-12H2,1-4H3/t17-,18-,19-,23+/m1/s1. The molecule has 3 heterocycles. The Kier molecular flexibility index (Phi) is 6.05. The predicted octanol–water partition coefficient (Wildman–Crippen LogP) is 2.88. The Hall–Kier alpha value is -2.06. The van der Waals surface area contributed by atoms with Gasteiger partial charge in [-0.05, 0) is 56.2 Å². The van der Waals surface area contributed by atoms with Crippen molar-refractivity contribution in [3.63, 3.8) is 0 Å². The topological polar surface area (TPSA) is 76.2 Å². The Morgan fingerprint density at radius 1 is 1.19 bits per heavy atom. The molecule has 8 heteroatoms. The van der Waals surface area contributed by atoms with Gasteiger partial charge in [-0.3, -0.25) is 24.2 Å². The number of nitrogens with zero attached hydrogens (tertiary/aromatic N) is 2. The van der Waals surface area contributed by atoms with Gasteiger partial charge in [-0.2, -0.15) is 0 Å². The van der Waals surface area contributed by atoms with E-state index in [4.69, 9.17) is 9.47 Å². The predicted molar refractivity (Wildman–Crippen MR) is 117 cm³/mol. The maximum Gasteiger partial charge on any atom is 0.327 e. The van der Waals surface area contributed by atoms with Crippen LogP contribution in [-0.2, 0) is 19.1 Å². The second kappa shape index (κ2) is 8.47. The third kappa shape index (κ3) is 3.09. The van der Waals surface area contributed by atoms with E-state index in [0.717, 1.165) is 34.8 Å². The minimum atomic E-state index is -1.09. The highest BCUT2D eigenvalue weighted by Crippen LogP contribution is 2.58. The molecule has 7 nitrogen and oxygen atoms in total. The lowest BCUT2D eigenvalue weighted by Gasteiger charge is -2.44. The number of methoxy groups -OCH3 is 2. The summed E-state index contributed by atoms with van der Waals surface area (Å²) in [7, 11) is 3.00. The highest BCUT2D eigenvalue weighted by atomic mass is 32.2. The first-order valence-corrected chi connectivity index (χ1v) is 12.0. The van der Waals surface area contributed by atoms with E-state index in [2.05, 4.69) is 11.8 Å². The number of likely N-dealkylation sites (tertiary alicyclic amines) is 1. The number of esters is 1. The number of fused-ring (bicyclic) bond motifs is 3. The molecule has 0 aromatic heterocycles. The van der Waals surface area contributed by atoms with E-state index in [0.29, 0.717) is 19.5 Å². The van der Waals surface area contributed by atoms with Gasteiger partial charge in [0.1, 0.15) is 11.3 Å². The van der Waals surface area contributed by atoms with Gasteiger partial charge in [0, 0.05) is 17.5 Å². The van der Waals surface area contributed by atoms with Crippen molar-refractivity contribution in [3.8, 4) is 5.75 Å². The van der Waals surface area contributed by atoms with Crippen molar-refractivity contribution in [2.24, 2.45) is 11.8 Å². The zero-order valence-electron chi connectivity index (χ0n) is 18.6. The number of ether oxygens (including phenoxy) is 2. The number of benzene rings is 1. The minimum absolute atomic E-state index is 0.189. The Bertz CT molecular complexity index is 906. The van der Waals surface area contributed by atoms with Crippen molar-refractivity contribution in [1.29, 1.82) is 0 Å². The molecular weight excluding hydrogens is 416 g/mol. The number of hydrogen-bond acceptors (Lipinski definition) is 7. The second-order valence-corrected chi connectivity index (χ2v) is 9.58. The molecular formula is C23H30N2O5S. The molecule has 1 aromatic rings. The number of piperidine rings is 1. The van der Waals surface area contributed by atoms with Crippen LogP contribution in [0.15, 0.2) is 23.1 Å². The van der Waals surface area contributed by atoms with Gasteiger partial charge in [-0.25, -0.2) is 0 Å². The van der Waals surface area contributed by atoms with Crippen molar-refractivity contribution in [3.05, 3.63) is 23.8 Å². The SMILES string of the molecule is CCSc1ccc([C@@H]2[C@@H]3C(=O)N(CC)C(=O)[C@@H]3[C@]3(C(=O)OC)CCCCN23)cc1OC. The summed E-state index contributed by atoms with van der Waals surface area (Å²) in [6.07, 6.45) is 2.26. The smallest absolute Gasteiger partial charge is 0.327 e. The number of imide groups is 1. The van der Waals surface area contributed by atoms with E-state index in [-0.39, 0.29) is 17.9 Å². The molecule has 3 fully saturated rings. The molecule has 2 amide bonds. The monoisotopic (exact) mass is 446 g/mol. The molecule has 3 saturated heterocycles. The van der Waals surface area contributed by atoms with Crippen LogP contribution in [0.1, 0.15) is 44.7 Å². The fourth-order valence-electron chi connectivity index (χ4n) is 5.87. The average molecular weight is 447 g/mol. The summed E-state index contributed by atoms with van der Waals surface area (Å²) >= 11 is 1.69. The first kappa shape index (κ1) is 22.1. The van der Waals surface area contributed by atoms with E-state index in [1.54, 1.807) is 25.8 Å². The lowest BCUT2D eigenvalue weighted by Crippen LogP contribution is -2.59. The van der Waals surface area contributed by atoms with Crippen LogP contribution in [-0.4, -0.2) is 66.2 Å². The molecule has 0 unspecified atom stereocenters. The number of carbonyl (C=O) groups excluding carboxylic acids is 3. The molecule has 0 radical (unpaired) electrons. The van der Waals surface area contributed by atoms with Crippen LogP contribution in [0.3, 0.4) is 0 Å². The highest BCUT2D eigenvalue weighted by Gasteiger charge is 2.72. The summed E-state index contributed by atoms with van der Waals surface area (Å²) < 4.78 is 10.9. The van der Waals surface area contributed by atoms with Gasteiger partial charge in [0.25, 0.3) is 0 Å². The zero-order valence-corrected chi connectivity index (χ0v) is 19.4. The molecule has 3 aliphatic rings. The second-order valence-electron chi connectivity index (χ2n) is 8.28. The molecule has 4 atom stereocenters. The summed E-state index contributed by atoms with van der Waals surface area (Å²) in [6, 6.07) is 5.62. The molecule has 0 saturated carbocycles. The quantitative estimate of drug-likeness (QED) is 0.378. The van der Waals surface area contributed by atoms with Crippen molar-refractivity contribution in [2.45, 2.75) is 49.6 Å². The molecule has 3 aliphatic heterocycles. The molecule has 31 heavy (non-hydrogen) atoms. The van der Waals surface area contributed by atoms with Crippen LogP contribution in [0, 0.1) is 11.8 Å². The molecule has 168 valence electrons.